The Morgan fingerprint density at radius 2 is 1.70 bits per heavy atom. The van der Waals surface area contributed by atoms with Gasteiger partial charge in [-0.2, -0.15) is 0 Å². The molecule has 2 amide bonds. The Morgan fingerprint density at radius 3 is 2.33 bits per heavy atom. The zero-order valence-corrected chi connectivity index (χ0v) is 31.0. The number of aliphatic hydroxyl groups is 1. The molecule has 0 radical (unpaired) electrons. The van der Waals surface area contributed by atoms with Crippen molar-refractivity contribution in [1.82, 2.24) is 4.90 Å². The number of nitro groups is 1. The van der Waals surface area contributed by atoms with E-state index in [0.29, 0.717) is 28.8 Å². The smallest absolute Gasteiger partial charge is 0.355 e. The number of benzene rings is 3. The third-order valence-corrected chi connectivity index (χ3v) is 14.5. The van der Waals surface area contributed by atoms with Gasteiger partial charge in [0.25, 0.3) is 21.6 Å². The summed E-state index contributed by atoms with van der Waals surface area (Å²) in [5, 5.41) is 23.1. The van der Waals surface area contributed by atoms with E-state index < -0.39 is 50.8 Å². The van der Waals surface area contributed by atoms with Crippen LogP contribution in [0.15, 0.2) is 70.8 Å². The number of nitrogens with two attached hydrogens (primary N) is 1. The van der Waals surface area contributed by atoms with E-state index in [0.717, 1.165) is 72.1 Å². The lowest BCUT2D eigenvalue weighted by molar-refractivity contribution is -1.08. The molecule has 0 spiro atoms. The number of nitrogens with zero attached hydrogens (tertiary/aromatic N) is 5. The summed E-state index contributed by atoms with van der Waals surface area (Å²) in [5.41, 5.74) is 7.86. The highest BCUT2D eigenvalue weighted by Gasteiger charge is 2.60. The van der Waals surface area contributed by atoms with Crippen LogP contribution in [0.2, 0.25) is 0 Å². The molecule has 0 aromatic heterocycles. The van der Waals surface area contributed by atoms with Crippen molar-refractivity contribution >= 4 is 50.0 Å². The number of carbonyl (C=O) groups excluding carboxylic acids is 3. The second-order valence-corrected chi connectivity index (χ2v) is 17.5. The molecule has 6 aliphatic rings. The molecule has 6 heterocycles. The van der Waals surface area contributed by atoms with Crippen LogP contribution in [0, 0.1) is 22.0 Å². The maximum absolute atomic E-state index is 14.3. The Hall–Kier alpha value is -4.90. The largest absolute Gasteiger partial charge is 0.456 e. The number of aliphatic hydroxyl groups excluding tert-OH is 1. The van der Waals surface area contributed by atoms with Crippen molar-refractivity contribution in [2.75, 3.05) is 63.2 Å². The molecule has 4 atom stereocenters. The number of carbonyl (C=O) groups is 3. The van der Waals surface area contributed by atoms with Crippen molar-refractivity contribution in [2.45, 2.75) is 43.9 Å². The number of primary amides is 1. The molecule has 6 aliphatic heterocycles. The van der Waals surface area contributed by atoms with Crippen molar-refractivity contribution in [3.05, 3.63) is 87.1 Å². The third kappa shape index (κ3) is 5.65. The summed E-state index contributed by atoms with van der Waals surface area (Å²) in [6, 6.07) is 14.1. The van der Waals surface area contributed by atoms with Crippen LogP contribution in [0.25, 0.3) is 10.8 Å². The standard InChI is InChI=1S/C38H43N6O9S/c1-23-29(36(41-35(23)33(24(2)45)37(41)47)38(48)53-22-25-6-9-27(10-7-25)42(49)50)20-40-30-5-3-4-28-26(8-11-31(34(28)30)54(40,51)52)12-13-43-14-17-44(18-15-43,19-16-43)21-32(39)46/h3-11,23-24,33,35,45H,12-22H2,1-2H3,(H-,39,46)/q+1/p+1/t23-,24?,33+,35-,43?,44?/m1/s1. The monoisotopic (exact) mass is 760 g/mol. The second-order valence-electron chi connectivity index (χ2n) is 15.7. The van der Waals surface area contributed by atoms with Crippen LogP contribution < -0.4 is 10.0 Å². The van der Waals surface area contributed by atoms with Gasteiger partial charge in [0.15, 0.2) is 6.54 Å². The fourth-order valence-corrected chi connectivity index (χ4v) is 11.3. The van der Waals surface area contributed by atoms with Gasteiger partial charge in [0.1, 0.15) is 51.6 Å². The number of esters is 1. The Labute approximate surface area is 312 Å². The number of non-ortho nitro benzene ring substituents is 1. The molecule has 15 nitrogen and oxygen atoms in total. The molecular weight excluding hydrogens is 717 g/mol. The lowest BCUT2D eigenvalue weighted by Crippen LogP contribution is -2.76. The minimum Gasteiger partial charge on any atom is -0.456 e. The molecule has 4 fully saturated rings. The number of hydrogen-bond donors (Lipinski definition) is 2. The molecule has 54 heavy (non-hydrogen) atoms. The van der Waals surface area contributed by atoms with Gasteiger partial charge < -0.3 is 29.4 Å². The zero-order valence-electron chi connectivity index (χ0n) is 30.2. The summed E-state index contributed by atoms with van der Waals surface area (Å²) >= 11 is 0. The summed E-state index contributed by atoms with van der Waals surface area (Å²) in [5.74, 6) is -2.76. The Kier molecular flexibility index (Phi) is 8.59. The summed E-state index contributed by atoms with van der Waals surface area (Å²) in [6.07, 6.45) is -0.232. The van der Waals surface area contributed by atoms with Crippen molar-refractivity contribution in [2.24, 2.45) is 17.6 Å². The molecule has 3 aromatic carbocycles. The number of anilines is 1. The van der Waals surface area contributed by atoms with E-state index in [2.05, 4.69) is 0 Å². The van der Waals surface area contributed by atoms with E-state index in [1.165, 1.54) is 40.4 Å². The zero-order chi connectivity index (χ0) is 38.3. The van der Waals surface area contributed by atoms with Gasteiger partial charge in [-0.1, -0.05) is 25.1 Å². The third-order valence-electron chi connectivity index (χ3n) is 12.7. The normalized spacial score (nSPS) is 28.3. The molecule has 3 aromatic rings. The maximum Gasteiger partial charge on any atom is 0.355 e. The van der Waals surface area contributed by atoms with E-state index in [1.807, 2.05) is 25.1 Å². The van der Waals surface area contributed by atoms with E-state index in [1.54, 1.807) is 12.1 Å². The fraction of sp³-hybridized carbons (Fsp3) is 0.447. The van der Waals surface area contributed by atoms with Crippen LogP contribution in [-0.2, 0) is 42.2 Å². The Morgan fingerprint density at radius 1 is 1.04 bits per heavy atom. The van der Waals surface area contributed by atoms with Crippen molar-refractivity contribution in [1.29, 1.82) is 0 Å². The molecular formula is C38H44N6O9S+2. The van der Waals surface area contributed by atoms with Crippen LogP contribution in [0.4, 0.5) is 11.4 Å². The average molecular weight is 761 g/mol. The highest BCUT2D eigenvalue weighted by Crippen LogP contribution is 2.50. The molecule has 0 aliphatic carbocycles. The number of sulfonamides is 1. The van der Waals surface area contributed by atoms with Gasteiger partial charge in [0.2, 0.25) is 5.91 Å². The van der Waals surface area contributed by atoms with E-state index >= 15 is 0 Å². The fourth-order valence-electron chi connectivity index (χ4n) is 9.61. The highest BCUT2D eigenvalue weighted by molar-refractivity contribution is 7.93. The molecule has 1 unspecified atom stereocenters. The van der Waals surface area contributed by atoms with E-state index in [4.69, 9.17) is 10.5 Å². The highest BCUT2D eigenvalue weighted by atomic mass is 32.2. The van der Waals surface area contributed by atoms with E-state index in [9.17, 15) is 38.0 Å². The summed E-state index contributed by atoms with van der Waals surface area (Å²) in [6.45, 7) is 9.88. The summed E-state index contributed by atoms with van der Waals surface area (Å²) in [4.78, 5) is 51.0. The van der Waals surface area contributed by atoms with Crippen molar-refractivity contribution in [3.8, 4) is 0 Å². The van der Waals surface area contributed by atoms with Crippen LogP contribution in [0.1, 0.15) is 25.0 Å². The van der Waals surface area contributed by atoms with Crippen LogP contribution in [-0.4, -0.2) is 121 Å². The molecule has 284 valence electrons. The number of nitro benzene ring substituents is 1. The van der Waals surface area contributed by atoms with Gasteiger partial charge in [0.05, 0.1) is 46.7 Å². The van der Waals surface area contributed by atoms with Gasteiger partial charge in [-0.3, -0.25) is 24.0 Å². The summed E-state index contributed by atoms with van der Waals surface area (Å²) in [7, 11) is -4.07. The lowest BCUT2D eigenvalue weighted by Gasteiger charge is -2.55. The van der Waals surface area contributed by atoms with Crippen molar-refractivity contribution < 1.29 is 46.5 Å². The first-order valence-corrected chi connectivity index (χ1v) is 19.8. The van der Waals surface area contributed by atoms with Crippen LogP contribution >= 0.6 is 0 Å². The van der Waals surface area contributed by atoms with Gasteiger partial charge in [-0.05, 0) is 53.3 Å². The molecule has 9 rings (SSSR count). The first kappa shape index (κ1) is 36.1. The van der Waals surface area contributed by atoms with Crippen LogP contribution in [0.5, 0.6) is 0 Å². The Bertz CT molecular complexity index is 2230. The number of β-lactam (4-membered cyclic amide) rings is 1. The minimum atomic E-state index is -4.07. The SMILES string of the molecule is CC(O)[C@@H]1C(=O)N2C(C(=O)OCc3ccc([N+](=O)[O-])cc3)=C(CN3c4cccc5c(CC[N+]67CC[N+](CC(N)=O)(CC6)CC7)ccc(c45)S3(=O)=O)[C@@H](C)[C@H]12. The molecule has 4 saturated heterocycles. The van der Waals surface area contributed by atoms with Gasteiger partial charge in [-0.25, -0.2) is 13.2 Å². The average Bonchev–Trinajstić information content (AvgIpc) is 3.51. The van der Waals surface area contributed by atoms with E-state index in [-0.39, 0.29) is 35.3 Å². The summed E-state index contributed by atoms with van der Waals surface area (Å²) < 4.78 is 37.4. The molecule has 2 bridgehead atoms. The molecule has 3 N–H and O–H groups in total. The molecule has 0 saturated carbocycles. The second kappa shape index (κ2) is 12.9. The topological polar surface area (TPSA) is 190 Å². The van der Waals surface area contributed by atoms with Gasteiger partial charge >= 0.3 is 5.97 Å². The number of hydrogen-bond acceptors (Lipinski definition) is 9. The van der Waals surface area contributed by atoms with Crippen LogP contribution in [0.3, 0.4) is 0 Å². The number of ether oxygens (including phenoxy) is 1. The lowest BCUT2D eigenvalue weighted by atomic mass is 9.78. The predicted octanol–water partition coefficient (Wildman–Crippen LogP) is 1.80. The van der Waals surface area contributed by atoms with Gasteiger partial charge in [-0.15, -0.1) is 0 Å². The Balaban J connectivity index is 1.08. The number of piperazine rings is 3. The minimum absolute atomic E-state index is 0.0363. The first-order chi connectivity index (χ1) is 25.7. The molecule has 16 heteroatoms. The predicted molar refractivity (Wildman–Crippen MR) is 196 cm³/mol. The maximum atomic E-state index is 14.3. The number of quaternary nitrogens is 2. The number of fused-ring (bicyclic) bond motifs is 4. The first-order valence-electron chi connectivity index (χ1n) is 18.4. The number of rotatable bonds is 12. The number of amides is 2. The van der Waals surface area contributed by atoms with Crippen molar-refractivity contribution in [3.63, 3.8) is 0 Å². The quantitative estimate of drug-likeness (QED) is 0.0912. The van der Waals surface area contributed by atoms with Gasteiger partial charge in [0, 0.05) is 29.9 Å².